The van der Waals surface area contributed by atoms with E-state index >= 15 is 0 Å². The Labute approximate surface area is 137 Å². The molecule has 1 aliphatic carbocycles. The largest absolute Gasteiger partial charge is 0.494 e. The maximum absolute atomic E-state index is 13.6. The molecule has 0 heterocycles. The van der Waals surface area contributed by atoms with Crippen LogP contribution in [0.3, 0.4) is 0 Å². The van der Waals surface area contributed by atoms with Crippen LogP contribution in [0, 0.1) is 11.7 Å². The molecular weight excluding hydrogens is 297 g/mol. The lowest BCUT2D eigenvalue weighted by atomic mass is 9.88. The zero-order valence-corrected chi connectivity index (χ0v) is 13.9. The molecule has 1 saturated carbocycles. The Bertz CT molecular complexity index is 521. The van der Waals surface area contributed by atoms with Crippen LogP contribution in [-0.2, 0) is 16.0 Å². The van der Waals surface area contributed by atoms with E-state index in [4.69, 9.17) is 9.47 Å². The molecule has 0 radical (unpaired) electrons. The minimum atomic E-state index is -0.451. The van der Waals surface area contributed by atoms with Gasteiger partial charge < -0.3 is 14.8 Å². The van der Waals surface area contributed by atoms with Crippen LogP contribution in [0.5, 0.6) is 5.75 Å². The van der Waals surface area contributed by atoms with Gasteiger partial charge in [-0.25, -0.2) is 4.39 Å². The molecule has 5 heteroatoms. The number of hydrogen-bond acceptors (Lipinski definition) is 3. The molecule has 1 aromatic carbocycles. The number of methoxy groups -OCH3 is 1. The van der Waals surface area contributed by atoms with Crippen molar-refractivity contribution in [3.63, 3.8) is 0 Å². The number of carbonyl (C=O) groups is 1. The van der Waals surface area contributed by atoms with Crippen LogP contribution in [0.15, 0.2) is 18.2 Å². The second-order valence-electron chi connectivity index (χ2n) is 6.17. The number of benzene rings is 1. The number of ether oxygens (including phenoxy) is 2. The molecule has 1 aromatic rings. The Hall–Kier alpha value is -1.62. The lowest BCUT2D eigenvalue weighted by Crippen LogP contribution is -2.32. The Kier molecular flexibility index (Phi) is 6.84. The molecule has 23 heavy (non-hydrogen) atoms. The maximum atomic E-state index is 13.6. The molecule has 0 spiro atoms. The topological polar surface area (TPSA) is 47.6 Å². The molecule has 2 unspecified atom stereocenters. The van der Waals surface area contributed by atoms with Gasteiger partial charge >= 0.3 is 0 Å². The summed E-state index contributed by atoms with van der Waals surface area (Å²) in [7, 11) is 1.41. The van der Waals surface area contributed by atoms with Gasteiger partial charge in [-0.05, 0) is 36.5 Å². The summed E-state index contributed by atoms with van der Waals surface area (Å²) in [5.41, 5.74) is 0.627. The summed E-state index contributed by atoms with van der Waals surface area (Å²) < 4.78 is 24.3. The zero-order chi connectivity index (χ0) is 16.7. The molecule has 2 rings (SSSR count). The Morgan fingerprint density at radius 3 is 2.83 bits per heavy atom. The first-order chi connectivity index (χ1) is 11.1. The number of carbonyl (C=O) groups excluding carboxylic acids is 1. The monoisotopic (exact) mass is 323 g/mol. The van der Waals surface area contributed by atoms with Crippen LogP contribution in [0.25, 0.3) is 0 Å². The maximum Gasteiger partial charge on any atom is 0.224 e. The second-order valence-corrected chi connectivity index (χ2v) is 6.17. The third-order valence-electron chi connectivity index (χ3n) is 4.37. The van der Waals surface area contributed by atoms with Gasteiger partial charge in [0.2, 0.25) is 5.91 Å². The van der Waals surface area contributed by atoms with Crippen molar-refractivity contribution in [2.45, 2.75) is 45.1 Å². The number of nitrogens with one attached hydrogen (secondary N) is 1. The first-order valence-electron chi connectivity index (χ1n) is 8.31. The van der Waals surface area contributed by atoms with Gasteiger partial charge in [-0.15, -0.1) is 0 Å². The normalized spacial score (nSPS) is 21.0. The number of hydrogen-bond donors (Lipinski definition) is 1. The summed E-state index contributed by atoms with van der Waals surface area (Å²) >= 11 is 0. The lowest BCUT2D eigenvalue weighted by Gasteiger charge is -2.28. The summed E-state index contributed by atoms with van der Waals surface area (Å²) in [6.07, 6.45) is 5.32. The Morgan fingerprint density at radius 1 is 1.35 bits per heavy atom. The average molecular weight is 323 g/mol. The van der Waals surface area contributed by atoms with Crippen LogP contribution in [0.1, 0.15) is 38.2 Å². The van der Waals surface area contributed by atoms with Crippen molar-refractivity contribution in [3.8, 4) is 5.75 Å². The van der Waals surface area contributed by atoms with Gasteiger partial charge in [-0.1, -0.05) is 25.8 Å². The van der Waals surface area contributed by atoms with Crippen LogP contribution in [0.2, 0.25) is 0 Å². The van der Waals surface area contributed by atoms with Crippen LogP contribution in [0.4, 0.5) is 4.39 Å². The van der Waals surface area contributed by atoms with Crippen molar-refractivity contribution in [2.24, 2.45) is 5.92 Å². The van der Waals surface area contributed by atoms with Gasteiger partial charge in [0.15, 0.2) is 11.6 Å². The molecule has 0 bridgehead atoms. The predicted molar refractivity (Wildman–Crippen MR) is 87.0 cm³/mol. The van der Waals surface area contributed by atoms with E-state index in [1.165, 1.54) is 38.5 Å². The fraction of sp³-hybridized carbons (Fsp3) is 0.611. The standard InChI is InChI=1S/C18H26FNO3/c1-13-5-3-4-6-16(13)23-10-9-20-18(21)12-14-7-8-17(22-2)15(19)11-14/h7-8,11,13,16H,3-6,9-10,12H2,1-2H3,(H,20,21). The van der Waals surface area contributed by atoms with Crippen LogP contribution >= 0.6 is 0 Å². The smallest absolute Gasteiger partial charge is 0.224 e. The van der Waals surface area contributed by atoms with Crippen molar-refractivity contribution in [2.75, 3.05) is 20.3 Å². The molecule has 0 aliphatic heterocycles. The Balaban J connectivity index is 1.68. The molecule has 1 amide bonds. The highest BCUT2D eigenvalue weighted by Crippen LogP contribution is 2.26. The SMILES string of the molecule is COc1ccc(CC(=O)NCCOC2CCCCC2C)cc1F. The summed E-state index contributed by atoms with van der Waals surface area (Å²) in [6.45, 7) is 3.24. The summed E-state index contributed by atoms with van der Waals surface area (Å²) in [5.74, 6) is 0.202. The predicted octanol–water partition coefficient (Wildman–Crippen LogP) is 3.09. The number of halogens is 1. The van der Waals surface area contributed by atoms with Gasteiger partial charge in [0.25, 0.3) is 0 Å². The third kappa shape index (κ3) is 5.50. The van der Waals surface area contributed by atoms with Crippen molar-refractivity contribution >= 4 is 5.91 Å². The molecule has 0 aromatic heterocycles. The van der Waals surface area contributed by atoms with E-state index in [0.717, 1.165) is 6.42 Å². The third-order valence-corrected chi connectivity index (χ3v) is 4.37. The Morgan fingerprint density at radius 2 is 2.13 bits per heavy atom. The highest BCUT2D eigenvalue weighted by atomic mass is 19.1. The second kappa shape index (κ2) is 8.87. The van der Waals surface area contributed by atoms with Gasteiger partial charge in [-0.3, -0.25) is 4.79 Å². The molecule has 2 atom stereocenters. The molecule has 1 aliphatic rings. The van der Waals surface area contributed by atoms with E-state index in [0.29, 0.717) is 30.7 Å². The lowest BCUT2D eigenvalue weighted by molar-refractivity contribution is -0.120. The zero-order valence-electron chi connectivity index (χ0n) is 13.9. The fourth-order valence-electron chi connectivity index (χ4n) is 3.00. The van der Waals surface area contributed by atoms with E-state index in [-0.39, 0.29) is 18.1 Å². The quantitative estimate of drug-likeness (QED) is 0.785. The van der Waals surface area contributed by atoms with Crippen LogP contribution < -0.4 is 10.1 Å². The summed E-state index contributed by atoms with van der Waals surface area (Å²) in [6, 6.07) is 4.56. The molecule has 128 valence electrons. The number of rotatable bonds is 7. The van der Waals surface area contributed by atoms with E-state index < -0.39 is 5.82 Å². The van der Waals surface area contributed by atoms with E-state index in [9.17, 15) is 9.18 Å². The molecule has 4 nitrogen and oxygen atoms in total. The summed E-state index contributed by atoms with van der Waals surface area (Å²) in [4.78, 5) is 11.9. The van der Waals surface area contributed by atoms with E-state index in [1.54, 1.807) is 6.07 Å². The van der Waals surface area contributed by atoms with Gasteiger partial charge in [0, 0.05) is 6.54 Å². The molecular formula is C18H26FNO3. The van der Waals surface area contributed by atoms with Gasteiger partial charge in [0.05, 0.1) is 26.2 Å². The highest BCUT2D eigenvalue weighted by molar-refractivity contribution is 5.78. The minimum absolute atomic E-state index is 0.130. The van der Waals surface area contributed by atoms with Gasteiger partial charge in [0.1, 0.15) is 0 Å². The number of amides is 1. The minimum Gasteiger partial charge on any atom is -0.494 e. The first-order valence-corrected chi connectivity index (χ1v) is 8.31. The van der Waals surface area contributed by atoms with E-state index in [1.807, 2.05) is 0 Å². The highest BCUT2D eigenvalue weighted by Gasteiger charge is 2.21. The average Bonchev–Trinajstić information content (AvgIpc) is 2.53. The van der Waals surface area contributed by atoms with Crippen molar-refractivity contribution in [1.29, 1.82) is 0 Å². The summed E-state index contributed by atoms with van der Waals surface area (Å²) in [5, 5.41) is 2.82. The van der Waals surface area contributed by atoms with Crippen LogP contribution in [-0.4, -0.2) is 32.3 Å². The van der Waals surface area contributed by atoms with Crippen molar-refractivity contribution in [1.82, 2.24) is 5.32 Å². The van der Waals surface area contributed by atoms with Gasteiger partial charge in [-0.2, -0.15) is 0 Å². The fourth-order valence-corrected chi connectivity index (χ4v) is 3.00. The molecule has 1 N–H and O–H groups in total. The van der Waals surface area contributed by atoms with Crippen molar-refractivity contribution < 1.29 is 18.7 Å². The molecule has 0 saturated heterocycles. The van der Waals surface area contributed by atoms with Crippen molar-refractivity contribution in [3.05, 3.63) is 29.6 Å². The van der Waals surface area contributed by atoms with E-state index in [2.05, 4.69) is 12.2 Å². The first kappa shape index (κ1) is 17.7. The molecule has 1 fully saturated rings.